The summed E-state index contributed by atoms with van der Waals surface area (Å²) in [7, 11) is 0. The van der Waals surface area contributed by atoms with Gasteiger partial charge in [0.1, 0.15) is 0 Å². The predicted molar refractivity (Wildman–Crippen MR) is 90.8 cm³/mol. The third kappa shape index (κ3) is 4.29. The second kappa shape index (κ2) is 7.44. The predicted octanol–water partition coefficient (Wildman–Crippen LogP) is 3.09. The summed E-state index contributed by atoms with van der Waals surface area (Å²) >= 11 is 5.56. The Morgan fingerprint density at radius 3 is 2.62 bits per heavy atom. The van der Waals surface area contributed by atoms with Gasteiger partial charge in [0, 0.05) is 17.8 Å². The molecule has 3 rings (SSSR count). The molecule has 1 saturated heterocycles. The van der Waals surface area contributed by atoms with E-state index in [1.165, 1.54) is 6.07 Å². The van der Waals surface area contributed by atoms with E-state index < -0.39 is 28.7 Å². The summed E-state index contributed by atoms with van der Waals surface area (Å²) in [6.07, 6.45) is -0.805. The normalized spacial score (nSPS) is 26.0. The molecule has 0 bridgehead atoms. The number of amides is 2. The van der Waals surface area contributed by atoms with Crippen LogP contribution in [0.2, 0.25) is 5.02 Å². The number of benzene rings is 1. The van der Waals surface area contributed by atoms with Crippen LogP contribution < -0.4 is 16.0 Å². The number of halogens is 4. The number of anilines is 1. The van der Waals surface area contributed by atoms with E-state index >= 15 is 0 Å². The van der Waals surface area contributed by atoms with E-state index in [-0.39, 0.29) is 30.1 Å². The van der Waals surface area contributed by atoms with E-state index in [0.29, 0.717) is 0 Å². The van der Waals surface area contributed by atoms with Gasteiger partial charge in [0.15, 0.2) is 0 Å². The summed E-state index contributed by atoms with van der Waals surface area (Å²) in [4.78, 5) is 24.3. The van der Waals surface area contributed by atoms with Crippen LogP contribution in [0, 0.1) is 0 Å². The molecule has 3 atom stereocenters. The molecule has 0 spiro atoms. The number of rotatable bonds is 3. The van der Waals surface area contributed by atoms with Crippen LogP contribution in [-0.2, 0) is 15.8 Å². The molecule has 1 heterocycles. The number of nitrogens with one attached hydrogen (secondary N) is 3. The summed E-state index contributed by atoms with van der Waals surface area (Å²) < 4.78 is 38.7. The number of fused-ring (bicyclic) bond motifs is 1. The van der Waals surface area contributed by atoms with Crippen LogP contribution >= 0.6 is 11.6 Å². The van der Waals surface area contributed by atoms with Crippen molar-refractivity contribution in [1.29, 1.82) is 0 Å². The van der Waals surface area contributed by atoms with Gasteiger partial charge in [-0.15, -0.1) is 0 Å². The second-order valence-electron chi connectivity index (χ2n) is 6.67. The van der Waals surface area contributed by atoms with Gasteiger partial charge in [-0.3, -0.25) is 9.59 Å². The van der Waals surface area contributed by atoms with E-state index in [0.717, 1.165) is 37.8 Å². The Balaban J connectivity index is 1.63. The molecule has 9 heteroatoms. The maximum Gasteiger partial charge on any atom is 0.417 e. The topological polar surface area (TPSA) is 70.2 Å². The fourth-order valence-electron chi connectivity index (χ4n) is 3.49. The van der Waals surface area contributed by atoms with Crippen molar-refractivity contribution in [1.82, 2.24) is 10.6 Å². The lowest BCUT2D eigenvalue weighted by molar-refractivity contribution is -0.137. The first kappa shape index (κ1) is 19.0. The van der Waals surface area contributed by atoms with Gasteiger partial charge in [-0.05, 0) is 31.0 Å². The molecule has 0 unspecified atom stereocenters. The van der Waals surface area contributed by atoms with Crippen LogP contribution in [0.1, 0.15) is 37.7 Å². The van der Waals surface area contributed by atoms with Gasteiger partial charge in [-0.25, -0.2) is 0 Å². The largest absolute Gasteiger partial charge is 0.417 e. The SMILES string of the molecule is O=C(C[C@@H]1N[C@H]2CCCC[C@H]2NC1=O)Nc1ccc(Cl)c(C(F)(F)F)c1. The lowest BCUT2D eigenvalue weighted by Crippen LogP contribution is -2.65. The van der Waals surface area contributed by atoms with Gasteiger partial charge in [0.2, 0.25) is 11.8 Å². The van der Waals surface area contributed by atoms with E-state index in [2.05, 4.69) is 16.0 Å². The first-order chi connectivity index (χ1) is 12.2. The highest BCUT2D eigenvalue weighted by Gasteiger charge is 2.37. The third-order valence-electron chi connectivity index (χ3n) is 4.77. The number of hydrogen-bond donors (Lipinski definition) is 3. The maximum absolute atomic E-state index is 12.9. The summed E-state index contributed by atoms with van der Waals surface area (Å²) in [5.74, 6) is -0.794. The van der Waals surface area contributed by atoms with E-state index in [1.54, 1.807) is 0 Å². The molecule has 0 aromatic heterocycles. The van der Waals surface area contributed by atoms with E-state index in [9.17, 15) is 22.8 Å². The molecule has 1 aromatic rings. The molecule has 1 aromatic carbocycles. The minimum absolute atomic E-state index is 0.0153. The van der Waals surface area contributed by atoms with Crippen molar-refractivity contribution in [3.63, 3.8) is 0 Å². The molecular formula is C17H19ClF3N3O2. The van der Waals surface area contributed by atoms with E-state index in [4.69, 9.17) is 11.6 Å². The average molecular weight is 390 g/mol. The zero-order valence-electron chi connectivity index (χ0n) is 13.8. The summed E-state index contributed by atoms with van der Waals surface area (Å²) in [6, 6.07) is 2.68. The van der Waals surface area contributed by atoms with Crippen molar-refractivity contribution in [2.24, 2.45) is 0 Å². The van der Waals surface area contributed by atoms with Crippen molar-refractivity contribution in [2.45, 2.75) is 56.4 Å². The monoisotopic (exact) mass is 389 g/mol. The van der Waals surface area contributed by atoms with Crippen molar-refractivity contribution < 1.29 is 22.8 Å². The number of hydrogen-bond acceptors (Lipinski definition) is 3. The molecule has 26 heavy (non-hydrogen) atoms. The first-order valence-electron chi connectivity index (χ1n) is 8.47. The number of piperazine rings is 1. The molecule has 3 N–H and O–H groups in total. The van der Waals surface area contributed by atoms with Crippen molar-refractivity contribution >= 4 is 29.1 Å². The summed E-state index contributed by atoms with van der Waals surface area (Å²) in [6.45, 7) is 0. The molecule has 2 aliphatic rings. The summed E-state index contributed by atoms with van der Waals surface area (Å²) in [5.41, 5.74) is -1.03. The average Bonchev–Trinajstić information content (AvgIpc) is 2.56. The van der Waals surface area contributed by atoms with Crippen LogP contribution in [0.3, 0.4) is 0 Å². The fraction of sp³-hybridized carbons (Fsp3) is 0.529. The smallest absolute Gasteiger partial charge is 0.350 e. The third-order valence-corrected chi connectivity index (χ3v) is 5.10. The molecule has 2 fully saturated rings. The highest BCUT2D eigenvalue weighted by atomic mass is 35.5. The van der Waals surface area contributed by atoms with Crippen LogP contribution in [0.4, 0.5) is 18.9 Å². The Labute approximate surface area is 153 Å². The highest BCUT2D eigenvalue weighted by molar-refractivity contribution is 6.31. The van der Waals surface area contributed by atoms with Crippen LogP contribution in [-0.4, -0.2) is 29.9 Å². The lowest BCUT2D eigenvalue weighted by atomic mass is 9.87. The number of carbonyl (C=O) groups excluding carboxylic acids is 2. The Kier molecular flexibility index (Phi) is 5.43. The molecule has 2 amide bonds. The van der Waals surface area contributed by atoms with Gasteiger partial charge < -0.3 is 16.0 Å². The molecule has 142 valence electrons. The van der Waals surface area contributed by atoms with Gasteiger partial charge in [-0.1, -0.05) is 24.4 Å². The maximum atomic E-state index is 12.9. The Morgan fingerprint density at radius 1 is 1.23 bits per heavy atom. The quantitative estimate of drug-likeness (QED) is 0.744. The highest BCUT2D eigenvalue weighted by Crippen LogP contribution is 2.36. The molecule has 0 radical (unpaired) electrons. The molecule has 1 aliphatic carbocycles. The van der Waals surface area contributed by atoms with Crippen molar-refractivity contribution in [3.8, 4) is 0 Å². The number of alkyl halides is 3. The van der Waals surface area contributed by atoms with Crippen LogP contribution in [0.5, 0.6) is 0 Å². The van der Waals surface area contributed by atoms with Gasteiger partial charge in [0.25, 0.3) is 0 Å². The Bertz CT molecular complexity index is 711. The first-order valence-corrected chi connectivity index (χ1v) is 8.85. The molecule has 1 saturated carbocycles. The summed E-state index contributed by atoms with van der Waals surface area (Å²) in [5, 5.41) is 8.09. The minimum atomic E-state index is -4.61. The zero-order valence-corrected chi connectivity index (χ0v) is 14.6. The Morgan fingerprint density at radius 2 is 1.92 bits per heavy atom. The van der Waals surface area contributed by atoms with Crippen LogP contribution in [0.25, 0.3) is 0 Å². The lowest BCUT2D eigenvalue weighted by Gasteiger charge is -2.40. The van der Waals surface area contributed by atoms with E-state index in [1.807, 2.05) is 0 Å². The molecule has 1 aliphatic heterocycles. The zero-order chi connectivity index (χ0) is 18.9. The molecule has 5 nitrogen and oxygen atoms in total. The Hall–Kier alpha value is -1.80. The minimum Gasteiger partial charge on any atom is -0.350 e. The fourth-order valence-corrected chi connectivity index (χ4v) is 3.71. The molecular weight excluding hydrogens is 371 g/mol. The van der Waals surface area contributed by atoms with Gasteiger partial charge in [-0.2, -0.15) is 13.2 Å². The number of carbonyl (C=O) groups is 2. The standard InChI is InChI=1S/C17H19ClF3N3O2/c18-11-6-5-9(7-10(11)17(19,20)21)22-15(25)8-14-16(26)24-13-4-2-1-3-12(13)23-14/h5-7,12-14,23H,1-4,8H2,(H,22,25)(H,24,26)/t12-,13+,14-/m0/s1. The van der Waals surface area contributed by atoms with Crippen LogP contribution in [0.15, 0.2) is 18.2 Å². The van der Waals surface area contributed by atoms with Gasteiger partial charge >= 0.3 is 6.18 Å². The van der Waals surface area contributed by atoms with Gasteiger partial charge in [0.05, 0.1) is 23.0 Å². The van der Waals surface area contributed by atoms with Crippen molar-refractivity contribution in [3.05, 3.63) is 28.8 Å². The van der Waals surface area contributed by atoms with Crippen molar-refractivity contribution in [2.75, 3.05) is 5.32 Å². The second-order valence-corrected chi connectivity index (χ2v) is 7.08.